The Morgan fingerprint density at radius 2 is 1.74 bits per heavy atom. The summed E-state index contributed by atoms with van der Waals surface area (Å²) in [6.07, 6.45) is -4.09. The van der Waals surface area contributed by atoms with Gasteiger partial charge in [-0.2, -0.15) is 17.5 Å². The van der Waals surface area contributed by atoms with Gasteiger partial charge in [0.1, 0.15) is 4.21 Å². The summed E-state index contributed by atoms with van der Waals surface area (Å²) in [7, 11) is -3.68. The van der Waals surface area contributed by atoms with Gasteiger partial charge in [-0.1, -0.05) is 18.2 Å². The number of sulfonamides is 1. The van der Waals surface area contributed by atoms with E-state index in [9.17, 15) is 31.8 Å². The van der Waals surface area contributed by atoms with Crippen molar-refractivity contribution in [3.05, 3.63) is 47.3 Å². The minimum absolute atomic E-state index is 0.00730. The molecule has 3 aliphatic rings. The van der Waals surface area contributed by atoms with E-state index >= 15 is 0 Å². The van der Waals surface area contributed by atoms with E-state index in [0.29, 0.717) is 44.8 Å². The van der Waals surface area contributed by atoms with Gasteiger partial charge in [-0.3, -0.25) is 4.90 Å². The van der Waals surface area contributed by atoms with Crippen molar-refractivity contribution < 1.29 is 36.5 Å². The highest BCUT2D eigenvalue weighted by Crippen LogP contribution is 2.39. The lowest BCUT2D eigenvalue weighted by molar-refractivity contribution is -0.258. The maximum Gasteiger partial charge on any atom is 0.421 e. The number of nitrogens with zero attached hydrogens (tertiary/aromatic N) is 3. The van der Waals surface area contributed by atoms with Crippen molar-refractivity contribution in [2.24, 2.45) is 0 Å². The van der Waals surface area contributed by atoms with Crippen LogP contribution in [0.3, 0.4) is 0 Å². The van der Waals surface area contributed by atoms with Gasteiger partial charge < -0.3 is 19.8 Å². The van der Waals surface area contributed by atoms with Crippen LogP contribution < -0.4 is 4.90 Å². The third-order valence-corrected chi connectivity index (χ3v) is 11.2. The Labute approximate surface area is 224 Å². The van der Waals surface area contributed by atoms with E-state index in [-0.39, 0.29) is 41.0 Å². The number of anilines is 1. The zero-order valence-electron chi connectivity index (χ0n) is 20.9. The summed E-state index contributed by atoms with van der Waals surface area (Å²) in [6.45, 7) is 3.01. The van der Waals surface area contributed by atoms with Crippen molar-refractivity contribution in [2.75, 3.05) is 44.3 Å². The fourth-order valence-electron chi connectivity index (χ4n) is 5.72. The highest BCUT2D eigenvalue weighted by Gasteiger charge is 2.51. The van der Waals surface area contributed by atoms with Crippen LogP contribution in [-0.4, -0.2) is 97.6 Å². The molecule has 0 aliphatic carbocycles. The standard InChI is InChI=1S/C25H32F3N3O5S2/c1-24(33,25(26,27)28)17-4-6-18(7-5-17)30-9-8-29(38(34,35)23-3-2-10-37-23)13-21(30)14-31-19-11-22(32)12-20(31)16-36-15-19/h2-7,10,19-22,32-33H,8-9,11-16H2,1H3/t19-,20?,21+,22?,24?/m0/s1. The van der Waals surface area contributed by atoms with E-state index in [1.165, 1.54) is 16.4 Å². The number of fused-ring (bicyclic) bond motifs is 2. The van der Waals surface area contributed by atoms with Crippen LogP contribution in [0.4, 0.5) is 18.9 Å². The first kappa shape index (κ1) is 27.8. The molecule has 2 aromatic rings. The molecule has 0 radical (unpaired) electrons. The number of rotatable bonds is 6. The molecule has 3 fully saturated rings. The number of hydrogen-bond acceptors (Lipinski definition) is 8. The largest absolute Gasteiger partial charge is 0.421 e. The lowest BCUT2D eigenvalue weighted by Crippen LogP contribution is -2.64. The van der Waals surface area contributed by atoms with Gasteiger partial charge in [0.05, 0.1) is 25.4 Å². The molecule has 2 bridgehead atoms. The van der Waals surface area contributed by atoms with Crippen LogP contribution in [0.1, 0.15) is 25.3 Å². The number of hydrogen-bond donors (Lipinski definition) is 2. The number of alkyl halides is 3. The maximum atomic E-state index is 13.4. The van der Waals surface area contributed by atoms with Gasteiger partial charge in [0.25, 0.3) is 10.0 Å². The van der Waals surface area contributed by atoms with Gasteiger partial charge in [-0.15, -0.1) is 11.3 Å². The summed E-state index contributed by atoms with van der Waals surface area (Å²) in [5.74, 6) is 0. The van der Waals surface area contributed by atoms with Gasteiger partial charge >= 0.3 is 6.18 Å². The number of morpholine rings is 1. The van der Waals surface area contributed by atoms with Crippen molar-refractivity contribution in [1.29, 1.82) is 0 Å². The Morgan fingerprint density at radius 1 is 1.08 bits per heavy atom. The minimum atomic E-state index is -4.82. The van der Waals surface area contributed by atoms with Crippen molar-refractivity contribution >= 4 is 27.0 Å². The molecule has 0 spiro atoms. The number of halogens is 3. The molecule has 4 heterocycles. The SMILES string of the molecule is CC(O)(c1ccc(N2CCN(S(=O)(=O)c3cccs3)C[C@@H]2CN2C3COC[C@@H]2CC(O)C3)cc1)C(F)(F)F. The van der Waals surface area contributed by atoms with Crippen LogP contribution in [0.2, 0.25) is 0 Å². The number of thiophene rings is 1. The molecule has 0 amide bonds. The predicted octanol–water partition coefficient (Wildman–Crippen LogP) is 2.62. The Morgan fingerprint density at radius 3 is 2.32 bits per heavy atom. The van der Waals surface area contributed by atoms with E-state index in [1.807, 2.05) is 4.90 Å². The highest BCUT2D eigenvalue weighted by molar-refractivity contribution is 7.91. The first-order valence-corrected chi connectivity index (χ1v) is 14.9. The second-order valence-corrected chi connectivity index (χ2v) is 13.5. The van der Waals surface area contributed by atoms with E-state index in [0.717, 1.165) is 18.3 Å². The van der Waals surface area contributed by atoms with Gasteiger partial charge in [0.2, 0.25) is 0 Å². The molecule has 5 rings (SSSR count). The molecule has 1 aromatic heterocycles. The summed E-state index contributed by atoms with van der Waals surface area (Å²) >= 11 is 1.16. The molecule has 3 aliphatic heterocycles. The van der Waals surface area contributed by atoms with Crippen LogP contribution >= 0.6 is 11.3 Å². The van der Waals surface area contributed by atoms with Gasteiger partial charge in [0, 0.05) is 44.0 Å². The monoisotopic (exact) mass is 575 g/mol. The van der Waals surface area contributed by atoms with E-state index in [4.69, 9.17) is 4.74 Å². The quantitative estimate of drug-likeness (QED) is 0.547. The normalized spacial score (nSPS) is 29.3. The Balaban J connectivity index is 1.43. The number of benzene rings is 1. The molecule has 210 valence electrons. The van der Waals surface area contributed by atoms with Crippen molar-refractivity contribution in [2.45, 2.75) is 60.0 Å². The number of ether oxygens (including phenoxy) is 1. The number of aliphatic hydroxyl groups is 2. The molecule has 8 nitrogen and oxygen atoms in total. The van der Waals surface area contributed by atoms with Gasteiger partial charge in [-0.25, -0.2) is 8.42 Å². The van der Waals surface area contributed by atoms with Crippen molar-refractivity contribution in [1.82, 2.24) is 9.21 Å². The van der Waals surface area contributed by atoms with Crippen LogP contribution in [0.15, 0.2) is 46.0 Å². The molecule has 1 aromatic carbocycles. The van der Waals surface area contributed by atoms with E-state index in [1.54, 1.807) is 29.6 Å². The number of piperidine rings is 1. The predicted molar refractivity (Wildman–Crippen MR) is 137 cm³/mol. The maximum absolute atomic E-state index is 13.4. The average molecular weight is 576 g/mol. The van der Waals surface area contributed by atoms with Crippen molar-refractivity contribution in [3.8, 4) is 0 Å². The third kappa shape index (κ3) is 5.21. The van der Waals surface area contributed by atoms with E-state index < -0.39 is 27.9 Å². The molecule has 2 N–H and O–H groups in total. The minimum Gasteiger partial charge on any atom is -0.393 e. The Kier molecular flexibility index (Phi) is 7.57. The third-order valence-electron chi connectivity index (χ3n) is 7.92. The molecule has 13 heteroatoms. The van der Waals surface area contributed by atoms with Crippen LogP contribution in [0.5, 0.6) is 0 Å². The summed E-state index contributed by atoms with van der Waals surface area (Å²) in [4.78, 5) is 4.33. The zero-order chi connectivity index (χ0) is 27.3. The van der Waals surface area contributed by atoms with Crippen molar-refractivity contribution in [3.63, 3.8) is 0 Å². The zero-order valence-corrected chi connectivity index (χ0v) is 22.6. The van der Waals surface area contributed by atoms with Crippen LogP contribution in [0.25, 0.3) is 0 Å². The second-order valence-electron chi connectivity index (χ2n) is 10.4. The number of aliphatic hydroxyl groups excluding tert-OH is 1. The molecule has 3 saturated heterocycles. The van der Waals surface area contributed by atoms with Gasteiger partial charge in [0.15, 0.2) is 5.60 Å². The molecule has 3 unspecified atom stereocenters. The molecule has 38 heavy (non-hydrogen) atoms. The Hall–Kier alpha value is -1.74. The van der Waals surface area contributed by atoms with Crippen LogP contribution in [0, 0.1) is 0 Å². The summed E-state index contributed by atoms with van der Waals surface area (Å²) in [5, 5.41) is 22.1. The fourth-order valence-corrected chi connectivity index (χ4v) is 8.34. The average Bonchev–Trinajstić information content (AvgIpc) is 3.40. The highest BCUT2D eigenvalue weighted by atomic mass is 32.2. The number of piperazine rings is 1. The molecule has 5 atom stereocenters. The van der Waals surface area contributed by atoms with E-state index in [2.05, 4.69) is 4.90 Å². The topological polar surface area (TPSA) is 93.6 Å². The molecular weight excluding hydrogens is 543 g/mol. The fraction of sp³-hybridized carbons (Fsp3) is 0.600. The second kappa shape index (κ2) is 10.3. The Bertz CT molecular complexity index is 1190. The summed E-state index contributed by atoms with van der Waals surface area (Å²) in [5.41, 5.74) is -2.59. The summed E-state index contributed by atoms with van der Waals surface area (Å²) < 4.78 is 74.2. The van der Waals surface area contributed by atoms with Crippen LogP contribution in [-0.2, 0) is 20.4 Å². The smallest absolute Gasteiger partial charge is 0.393 e. The lowest BCUT2D eigenvalue weighted by Gasteiger charge is -2.51. The first-order chi connectivity index (χ1) is 17.9. The lowest BCUT2D eigenvalue weighted by atomic mass is 9.91. The molecular formula is C25H32F3N3O5S2. The first-order valence-electron chi connectivity index (χ1n) is 12.6. The molecule has 0 saturated carbocycles. The van der Waals surface area contributed by atoms with Gasteiger partial charge in [-0.05, 0) is 48.9 Å². The summed E-state index contributed by atoms with van der Waals surface area (Å²) in [6, 6.07) is 8.66.